The summed E-state index contributed by atoms with van der Waals surface area (Å²) in [6, 6.07) is 8.29. The minimum absolute atomic E-state index is 0.164. The summed E-state index contributed by atoms with van der Waals surface area (Å²) in [5.74, 6) is 0.662. The van der Waals surface area contributed by atoms with Crippen LogP contribution in [0, 0.1) is 0 Å². The molecule has 122 valence electrons. The SMILES string of the molecule is O=C(N[C@@H]1CCOC[C@H]1Oc1ccccn1)c1ccc(CO)o1. The fraction of sp³-hybridized carbons (Fsp3) is 0.375. The number of hydrogen-bond acceptors (Lipinski definition) is 6. The van der Waals surface area contributed by atoms with Crippen LogP contribution in [0.1, 0.15) is 22.7 Å². The summed E-state index contributed by atoms with van der Waals surface area (Å²) in [5, 5.41) is 11.9. The molecule has 2 atom stereocenters. The first-order chi connectivity index (χ1) is 11.3. The van der Waals surface area contributed by atoms with Crippen LogP contribution in [0.2, 0.25) is 0 Å². The number of aromatic nitrogens is 1. The summed E-state index contributed by atoms with van der Waals surface area (Å²) in [7, 11) is 0. The van der Waals surface area contributed by atoms with E-state index in [0.717, 1.165) is 0 Å². The van der Waals surface area contributed by atoms with Gasteiger partial charge in [0.25, 0.3) is 5.91 Å². The molecule has 1 amide bonds. The lowest BCUT2D eigenvalue weighted by Gasteiger charge is -2.31. The first kappa shape index (κ1) is 15.5. The second-order valence-corrected chi connectivity index (χ2v) is 5.19. The van der Waals surface area contributed by atoms with E-state index in [9.17, 15) is 4.79 Å². The number of carbonyl (C=O) groups excluding carboxylic acids is 1. The zero-order valence-corrected chi connectivity index (χ0v) is 12.5. The van der Waals surface area contributed by atoms with E-state index in [2.05, 4.69) is 10.3 Å². The summed E-state index contributed by atoms with van der Waals surface area (Å²) in [6.07, 6.45) is 1.96. The van der Waals surface area contributed by atoms with Gasteiger partial charge in [-0.2, -0.15) is 0 Å². The average Bonchev–Trinajstić information content (AvgIpc) is 3.07. The monoisotopic (exact) mass is 318 g/mol. The molecule has 23 heavy (non-hydrogen) atoms. The minimum Gasteiger partial charge on any atom is -0.470 e. The summed E-state index contributed by atoms with van der Waals surface area (Å²) in [5.41, 5.74) is 0. The largest absolute Gasteiger partial charge is 0.470 e. The van der Waals surface area contributed by atoms with Gasteiger partial charge in [0.2, 0.25) is 5.88 Å². The Balaban J connectivity index is 1.65. The molecule has 2 aromatic heterocycles. The Labute approximate surface area is 133 Å². The van der Waals surface area contributed by atoms with E-state index in [1.54, 1.807) is 24.4 Å². The molecule has 0 spiro atoms. The third-order valence-corrected chi connectivity index (χ3v) is 3.57. The maximum atomic E-state index is 12.2. The van der Waals surface area contributed by atoms with Gasteiger partial charge in [-0.25, -0.2) is 4.98 Å². The van der Waals surface area contributed by atoms with Gasteiger partial charge in [0.15, 0.2) is 5.76 Å². The van der Waals surface area contributed by atoms with Crippen LogP contribution in [-0.2, 0) is 11.3 Å². The van der Waals surface area contributed by atoms with E-state index in [1.807, 2.05) is 6.07 Å². The van der Waals surface area contributed by atoms with E-state index in [1.165, 1.54) is 6.07 Å². The Hall–Kier alpha value is -2.38. The fourth-order valence-electron chi connectivity index (χ4n) is 2.39. The Morgan fingerprint density at radius 1 is 1.39 bits per heavy atom. The molecule has 1 aliphatic rings. The Morgan fingerprint density at radius 3 is 3.04 bits per heavy atom. The lowest BCUT2D eigenvalue weighted by molar-refractivity contribution is -0.0155. The lowest BCUT2D eigenvalue weighted by atomic mass is 10.1. The second-order valence-electron chi connectivity index (χ2n) is 5.19. The fourth-order valence-corrected chi connectivity index (χ4v) is 2.39. The van der Waals surface area contributed by atoms with Crippen molar-refractivity contribution in [3.63, 3.8) is 0 Å². The summed E-state index contributed by atoms with van der Waals surface area (Å²) < 4.78 is 16.5. The zero-order valence-electron chi connectivity index (χ0n) is 12.5. The normalized spacial score (nSPS) is 20.9. The molecule has 0 saturated carbocycles. The highest BCUT2D eigenvalue weighted by atomic mass is 16.5. The van der Waals surface area contributed by atoms with Crippen molar-refractivity contribution in [2.75, 3.05) is 13.2 Å². The zero-order chi connectivity index (χ0) is 16.1. The number of carbonyl (C=O) groups is 1. The highest BCUT2D eigenvalue weighted by molar-refractivity contribution is 5.91. The first-order valence-corrected chi connectivity index (χ1v) is 7.42. The van der Waals surface area contributed by atoms with Gasteiger partial charge in [0.05, 0.1) is 12.6 Å². The molecular weight excluding hydrogens is 300 g/mol. The van der Waals surface area contributed by atoms with Crippen molar-refractivity contribution < 1.29 is 23.8 Å². The third kappa shape index (κ3) is 3.88. The molecule has 7 heteroatoms. The van der Waals surface area contributed by atoms with Crippen LogP contribution in [-0.4, -0.2) is 41.4 Å². The smallest absolute Gasteiger partial charge is 0.287 e. The van der Waals surface area contributed by atoms with Crippen molar-refractivity contribution in [2.24, 2.45) is 0 Å². The van der Waals surface area contributed by atoms with E-state index >= 15 is 0 Å². The van der Waals surface area contributed by atoms with Crippen LogP contribution in [0.5, 0.6) is 5.88 Å². The predicted molar refractivity (Wildman–Crippen MR) is 80.0 cm³/mol. The number of furan rings is 1. The van der Waals surface area contributed by atoms with Gasteiger partial charge in [-0.3, -0.25) is 4.79 Å². The topological polar surface area (TPSA) is 93.8 Å². The molecule has 0 aliphatic carbocycles. The molecule has 1 fully saturated rings. The molecule has 0 radical (unpaired) electrons. The Bertz CT molecular complexity index is 643. The van der Waals surface area contributed by atoms with Crippen LogP contribution in [0.25, 0.3) is 0 Å². The van der Waals surface area contributed by atoms with E-state index < -0.39 is 0 Å². The average molecular weight is 318 g/mol. The molecule has 1 aliphatic heterocycles. The second kappa shape index (κ2) is 7.26. The molecule has 0 unspecified atom stereocenters. The Kier molecular flexibility index (Phi) is 4.89. The number of pyridine rings is 1. The summed E-state index contributed by atoms with van der Waals surface area (Å²) in [6.45, 7) is 0.685. The highest BCUT2D eigenvalue weighted by Crippen LogP contribution is 2.16. The van der Waals surface area contributed by atoms with Crippen LogP contribution in [0.3, 0.4) is 0 Å². The van der Waals surface area contributed by atoms with Crippen LogP contribution in [0.4, 0.5) is 0 Å². The number of aliphatic hydroxyl groups excluding tert-OH is 1. The standard InChI is InChI=1S/C16H18N2O5/c19-9-11-4-5-13(22-11)16(20)18-12-6-8-21-10-14(12)23-15-3-1-2-7-17-15/h1-5,7,12,14,19H,6,8-10H2,(H,18,20)/t12-,14-/m1/s1. The number of nitrogens with zero attached hydrogens (tertiary/aromatic N) is 1. The van der Waals surface area contributed by atoms with E-state index in [0.29, 0.717) is 31.3 Å². The van der Waals surface area contributed by atoms with Crippen molar-refractivity contribution in [1.29, 1.82) is 0 Å². The maximum absolute atomic E-state index is 12.2. The van der Waals surface area contributed by atoms with Crippen molar-refractivity contribution in [1.82, 2.24) is 10.3 Å². The highest BCUT2D eigenvalue weighted by Gasteiger charge is 2.30. The molecule has 3 rings (SSSR count). The molecule has 2 aromatic rings. The van der Waals surface area contributed by atoms with Gasteiger partial charge in [-0.05, 0) is 24.6 Å². The number of amides is 1. The van der Waals surface area contributed by atoms with Crippen molar-refractivity contribution in [3.05, 3.63) is 48.0 Å². The quantitative estimate of drug-likeness (QED) is 0.858. The summed E-state index contributed by atoms with van der Waals surface area (Å²) >= 11 is 0. The molecule has 2 N–H and O–H groups in total. The lowest BCUT2D eigenvalue weighted by Crippen LogP contribution is -2.51. The molecule has 1 saturated heterocycles. The number of rotatable bonds is 5. The minimum atomic E-state index is -0.341. The van der Waals surface area contributed by atoms with Crippen molar-refractivity contribution in [2.45, 2.75) is 25.2 Å². The Morgan fingerprint density at radius 2 is 2.30 bits per heavy atom. The van der Waals surface area contributed by atoms with Gasteiger partial charge in [-0.1, -0.05) is 6.07 Å². The van der Waals surface area contributed by atoms with Gasteiger partial charge >= 0.3 is 0 Å². The molecular formula is C16H18N2O5. The maximum Gasteiger partial charge on any atom is 0.287 e. The van der Waals surface area contributed by atoms with Crippen LogP contribution < -0.4 is 10.1 Å². The molecule has 0 bridgehead atoms. The van der Waals surface area contributed by atoms with Crippen molar-refractivity contribution >= 4 is 5.91 Å². The predicted octanol–water partition coefficient (Wildman–Crippen LogP) is 1.13. The number of aliphatic hydroxyl groups is 1. The number of hydrogen-bond donors (Lipinski definition) is 2. The van der Waals surface area contributed by atoms with Crippen LogP contribution >= 0.6 is 0 Å². The molecule has 0 aromatic carbocycles. The van der Waals surface area contributed by atoms with Crippen LogP contribution in [0.15, 0.2) is 40.9 Å². The van der Waals surface area contributed by atoms with Gasteiger partial charge in [0, 0.05) is 18.9 Å². The van der Waals surface area contributed by atoms with Gasteiger partial charge < -0.3 is 24.3 Å². The number of nitrogens with one attached hydrogen (secondary N) is 1. The van der Waals surface area contributed by atoms with E-state index in [-0.39, 0.29) is 30.4 Å². The summed E-state index contributed by atoms with van der Waals surface area (Å²) in [4.78, 5) is 16.4. The van der Waals surface area contributed by atoms with Gasteiger partial charge in [0.1, 0.15) is 18.5 Å². The van der Waals surface area contributed by atoms with Gasteiger partial charge in [-0.15, -0.1) is 0 Å². The first-order valence-electron chi connectivity index (χ1n) is 7.42. The molecule has 7 nitrogen and oxygen atoms in total. The van der Waals surface area contributed by atoms with E-state index in [4.69, 9.17) is 19.0 Å². The number of ether oxygens (including phenoxy) is 2. The third-order valence-electron chi connectivity index (χ3n) is 3.57. The molecule has 3 heterocycles. The van der Waals surface area contributed by atoms with Crippen molar-refractivity contribution in [3.8, 4) is 5.88 Å².